The van der Waals surface area contributed by atoms with Crippen LogP contribution in [0.1, 0.15) is 18.4 Å². The van der Waals surface area contributed by atoms with Gasteiger partial charge in [0.25, 0.3) is 0 Å². The Hall–Kier alpha value is -2.46. The van der Waals surface area contributed by atoms with E-state index >= 15 is 0 Å². The summed E-state index contributed by atoms with van der Waals surface area (Å²) >= 11 is 0. The molecule has 3 rings (SSSR count). The second kappa shape index (κ2) is 6.12. The highest BCUT2D eigenvalue weighted by Gasteiger charge is 2.22. The van der Waals surface area contributed by atoms with Crippen LogP contribution in [0.15, 0.2) is 35.6 Å². The number of likely N-dealkylation sites (tertiary alicyclic amines) is 1. The van der Waals surface area contributed by atoms with E-state index < -0.39 is 0 Å². The number of hydrogen-bond donors (Lipinski definition) is 0. The smallest absolute Gasteiger partial charge is 0.227 e. The third kappa shape index (κ3) is 2.78. The van der Waals surface area contributed by atoms with Crippen LogP contribution >= 0.6 is 0 Å². The Bertz CT molecular complexity index is 736. The highest BCUT2D eigenvalue weighted by Crippen LogP contribution is 2.22. The first-order valence-electron chi connectivity index (χ1n) is 7.54. The van der Waals surface area contributed by atoms with Crippen molar-refractivity contribution in [2.45, 2.75) is 25.3 Å². The number of aryl methyl sites for hydroxylation is 1. The molecule has 1 aromatic heterocycles. The van der Waals surface area contributed by atoms with Gasteiger partial charge in [-0.15, -0.1) is 0 Å². The standard InChI is InChI=1S/C16H19N5O/c1-20-11-12(14-4-2-3-5-15(14)20)10-16(22)21-8-6-13(7-9-21)18-19-17/h2-5,11,13H,6-10H2,1H3. The number of carbonyl (C=O) groups excluding carboxylic acids is 1. The molecular weight excluding hydrogens is 278 g/mol. The zero-order chi connectivity index (χ0) is 15.5. The molecule has 0 unspecified atom stereocenters. The van der Waals surface area contributed by atoms with Gasteiger partial charge in [0.15, 0.2) is 0 Å². The van der Waals surface area contributed by atoms with Gasteiger partial charge >= 0.3 is 0 Å². The van der Waals surface area contributed by atoms with Gasteiger partial charge < -0.3 is 9.47 Å². The quantitative estimate of drug-likeness (QED) is 0.487. The molecular formula is C16H19N5O. The maximum absolute atomic E-state index is 12.5. The van der Waals surface area contributed by atoms with Gasteiger partial charge in [0.05, 0.1) is 6.42 Å². The van der Waals surface area contributed by atoms with E-state index in [2.05, 4.69) is 26.7 Å². The van der Waals surface area contributed by atoms with Crippen LogP contribution < -0.4 is 0 Å². The summed E-state index contributed by atoms with van der Waals surface area (Å²) in [6.45, 7) is 1.35. The van der Waals surface area contributed by atoms with E-state index in [9.17, 15) is 4.79 Å². The molecule has 0 atom stereocenters. The second-order valence-electron chi connectivity index (χ2n) is 5.78. The van der Waals surface area contributed by atoms with Gasteiger partial charge in [0.1, 0.15) is 0 Å². The van der Waals surface area contributed by atoms with Crippen LogP contribution in [-0.4, -0.2) is 34.5 Å². The number of azide groups is 1. The first kappa shape index (κ1) is 14.5. The normalized spacial score (nSPS) is 15.8. The summed E-state index contributed by atoms with van der Waals surface area (Å²) in [7, 11) is 2.00. The van der Waals surface area contributed by atoms with E-state index in [1.807, 2.05) is 30.3 Å². The highest BCUT2D eigenvalue weighted by molar-refractivity contribution is 5.89. The van der Waals surface area contributed by atoms with Crippen LogP contribution in [-0.2, 0) is 18.3 Å². The molecule has 2 heterocycles. The topological polar surface area (TPSA) is 74.0 Å². The third-order valence-electron chi connectivity index (χ3n) is 4.35. The number of rotatable bonds is 3. The van der Waals surface area contributed by atoms with Crippen molar-refractivity contribution < 1.29 is 4.79 Å². The summed E-state index contributed by atoms with van der Waals surface area (Å²) in [6, 6.07) is 8.17. The molecule has 1 aliphatic heterocycles. The summed E-state index contributed by atoms with van der Waals surface area (Å²) in [5.41, 5.74) is 10.7. The van der Waals surface area contributed by atoms with Crippen molar-refractivity contribution in [1.82, 2.24) is 9.47 Å². The second-order valence-corrected chi connectivity index (χ2v) is 5.78. The SMILES string of the molecule is Cn1cc(CC(=O)N2CCC(N=[N+]=[N-])CC2)c2ccccc21. The molecule has 22 heavy (non-hydrogen) atoms. The van der Waals surface area contributed by atoms with Crippen molar-refractivity contribution in [2.75, 3.05) is 13.1 Å². The Labute approximate surface area is 129 Å². The minimum absolute atomic E-state index is 0.0339. The van der Waals surface area contributed by atoms with Gasteiger partial charge in [-0.1, -0.05) is 23.3 Å². The van der Waals surface area contributed by atoms with E-state index in [-0.39, 0.29) is 11.9 Å². The van der Waals surface area contributed by atoms with Gasteiger partial charge in [-0.25, -0.2) is 0 Å². The molecule has 114 valence electrons. The zero-order valence-electron chi connectivity index (χ0n) is 12.6. The van der Waals surface area contributed by atoms with Gasteiger partial charge in [-0.05, 0) is 30.0 Å². The minimum atomic E-state index is 0.0339. The summed E-state index contributed by atoms with van der Waals surface area (Å²) < 4.78 is 2.06. The van der Waals surface area contributed by atoms with E-state index in [1.165, 1.54) is 0 Å². The maximum atomic E-state index is 12.5. The Morgan fingerprint density at radius 1 is 1.36 bits per heavy atom. The average molecular weight is 297 g/mol. The monoisotopic (exact) mass is 297 g/mol. The van der Waals surface area contributed by atoms with E-state index in [4.69, 9.17) is 5.53 Å². The average Bonchev–Trinajstić information content (AvgIpc) is 2.85. The van der Waals surface area contributed by atoms with Crippen LogP contribution in [0, 0.1) is 0 Å². The molecule has 0 spiro atoms. The Kier molecular flexibility index (Phi) is 4.02. The summed E-state index contributed by atoms with van der Waals surface area (Å²) in [5.74, 6) is 0.149. The number of fused-ring (bicyclic) bond motifs is 1. The van der Waals surface area contributed by atoms with Crippen molar-refractivity contribution in [3.63, 3.8) is 0 Å². The van der Waals surface area contributed by atoms with Crippen LogP contribution in [0.3, 0.4) is 0 Å². The van der Waals surface area contributed by atoms with Gasteiger partial charge in [0, 0.05) is 48.2 Å². The van der Waals surface area contributed by atoms with Crippen molar-refractivity contribution in [1.29, 1.82) is 0 Å². The first-order valence-corrected chi connectivity index (χ1v) is 7.54. The highest BCUT2D eigenvalue weighted by atomic mass is 16.2. The minimum Gasteiger partial charge on any atom is -0.350 e. The van der Waals surface area contributed by atoms with Crippen LogP contribution in [0.5, 0.6) is 0 Å². The van der Waals surface area contributed by atoms with E-state index in [0.29, 0.717) is 19.5 Å². The molecule has 0 N–H and O–H groups in total. The van der Waals surface area contributed by atoms with Crippen molar-refractivity contribution in [2.24, 2.45) is 12.2 Å². The number of carbonyl (C=O) groups is 1. The summed E-state index contributed by atoms with van der Waals surface area (Å²) in [5, 5.41) is 4.89. The van der Waals surface area contributed by atoms with Gasteiger partial charge in [-0.2, -0.15) is 0 Å². The number of para-hydroxylation sites is 1. The lowest BCUT2D eigenvalue weighted by Crippen LogP contribution is -2.40. The van der Waals surface area contributed by atoms with E-state index in [1.54, 1.807) is 0 Å². The Morgan fingerprint density at radius 3 is 2.82 bits per heavy atom. The third-order valence-corrected chi connectivity index (χ3v) is 4.35. The Morgan fingerprint density at radius 2 is 2.09 bits per heavy atom. The van der Waals surface area contributed by atoms with Gasteiger partial charge in [0.2, 0.25) is 5.91 Å². The van der Waals surface area contributed by atoms with Gasteiger partial charge in [-0.3, -0.25) is 4.79 Å². The fourth-order valence-corrected chi connectivity index (χ4v) is 3.14. The summed E-state index contributed by atoms with van der Waals surface area (Å²) in [6.07, 6.45) is 3.97. The van der Waals surface area contributed by atoms with Crippen LogP contribution in [0.2, 0.25) is 0 Å². The van der Waals surface area contributed by atoms with Crippen molar-refractivity contribution >= 4 is 16.8 Å². The molecule has 6 nitrogen and oxygen atoms in total. The predicted molar refractivity (Wildman–Crippen MR) is 85.4 cm³/mol. The zero-order valence-corrected chi connectivity index (χ0v) is 12.6. The molecule has 1 aliphatic rings. The molecule has 1 amide bonds. The van der Waals surface area contributed by atoms with E-state index in [0.717, 1.165) is 29.3 Å². The summed E-state index contributed by atoms with van der Waals surface area (Å²) in [4.78, 5) is 17.2. The fourth-order valence-electron chi connectivity index (χ4n) is 3.14. The number of nitrogens with zero attached hydrogens (tertiary/aromatic N) is 5. The number of aromatic nitrogens is 1. The number of piperidine rings is 1. The Balaban J connectivity index is 1.70. The molecule has 1 aromatic carbocycles. The van der Waals surface area contributed by atoms with Crippen LogP contribution in [0.25, 0.3) is 21.3 Å². The molecule has 0 saturated carbocycles. The fraction of sp³-hybridized carbons (Fsp3) is 0.438. The molecule has 2 aromatic rings. The largest absolute Gasteiger partial charge is 0.350 e. The maximum Gasteiger partial charge on any atom is 0.227 e. The lowest BCUT2D eigenvalue weighted by atomic mass is 10.0. The number of amides is 1. The first-order chi connectivity index (χ1) is 10.7. The molecule has 0 aliphatic carbocycles. The molecule has 6 heteroatoms. The molecule has 1 fully saturated rings. The number of benzene rings is 1. The lowest BCUT2D eigenvalue weighted by Gasteiger charge is -2.30. The molecule has 0 radical (unpaired) electrons. The van der Waals surface area contributed by atoms with Crippen LogP contribution in [0.4, 0.5) is 0 Å². The number of hydrogen-bond acceptors (Lipinski definition) is 2. The predicted octanol–water partition coefficient (Wildman–Crippen LogP) is 3.02. The molecule has 1 saturated heterocycles. The van der Waals surface area contributed by atoms with Crippen molar-refractivity contribution in [3.05, 3.63) is 46.5 Å². The lowest BCUT2D eigenvalue weighted by molar-refractivity contribution is -0.131. The van der Waals surface area contributed by atoms with Crippen molar-refractivity contribution in [3.8, 4) is 0 Å². The molecule has 0 bridgehead atoms.